The van der Waals surface area contributed by atoms with Gasteiger partial charge in [0.1, 0.15) is 11.5 Å². The summed E-state index contributed by atoms with van der Waals surface area (Å²) >= 11 is 0. The SMILES string of the molecule is C=C(C(=O)O)c1ccc(C(F)(F)F)cc1Oc1cccnc1. The molecule has 1 N–H and O–H groups in total. The van der Waals surface area contributed by atoms with E-state index in [0.717, 1.165) is 18.2 Å². The topological polar surface area (TPSA) is 59.4 Å². The summed E-state index contributed by atoms with van der Waals surface area (Å²) in [6, 6.07) is 5.55. The zero-order chi connectivity index (χ0) is 16.3. The molecule has 4 nitrogen and oxygen atoms in total. The minimum Gasteiger partial charge on any atom is -0.478 e. The van der Waals surface area contributed by atoms with Crippen LogP contribution in [0.2, 0.25) is 0 Å². The van der Waals surface area contributed by atoms with Gasteiger partial charge in [-0.3, -0.25) is 4.98 Å². The summed E-state index contributed by atoms with van der Waals surface area (Å²) in [5.74, 6) is -1.42. The molecule has 1 aromatic heterocycles. The first-order chi connectivity index (χ1) is 10.3. The smallest absolute Gasteiger partial charge is 0.416 e. The van der Waals surface area contributed by atoms with Gasteiger partial charge in [-0.2, -0.15) is 13.2 Å². The predicted octanol–water partition coefficient (Wildman–Crippen LogP) is 3.99. The highest BCUT2D eigenvalue weighted by Crippen LogP contribution is 2.36. The average molecular weight is 309 g/mol. The van der Waals surface area contributed by atoms with Crippen LogP contribution < -0.4 is 4.74 Å². The van der Waals surface area contributed by atoms with Crippen LogP contribution in [0.1, 0.15) is 11.1 Å². The predicted molar refractivity (Wildman–Crippen MR) is 72.4 cm³/mol. The van der Waals surface area contributed by atoms with E-state index in [9.17, 15) is 18.0 Å². The van der Waals surface area contributed by atoms with E-state index in [-0.39, 0.29) is 22.6 Å². The normalized spacial score (nSPS) is 11.0. The highest BCUT2D eigenvalue weighted by Gasteiger charge is 2.32. The summed E-state index contributed by atoms with van der Waals surface area (Å²) in [6.07, 6.45) is -1.81. The highest BCUT2D eigenvalue weighted by atomic mass is 19.4. The second-order valence-corrected chi connectivity index (χ2v) is 4.28. The number of aromatic nitrogens is 1. The van der Waals surface area contributed by atoms with E-state index in [1.165, 1.54) is 24.5 Å². The van der Waals surface area contributed by atoms with Gasteiger partial charge in [-0.05, 0) is 30.3 Å². The van der Waals surface area contributed by atoms with Gasteiger partial charge in [0, 0.05) is 11.8 Å². The van der Waals surface area contributed by atoms with Gasteiger partial charge in [0.15, 0.2) is 0 Å². The minimum absolute atomic E-state index is 0.0376. The van der Waals surface area contributed by atoms with Gasteiger partial charge >= 0.3 is 12.1 Å². The van der Waals surface area contributed by atoms with Crippen LogP contribution in [0.25, 0.3) is 5.57 Å². The number of carboxylic acid groups (broad SMARTS) is 1. The molecule has 0 bridgehead atoms. The molecule has 114 valence electrons. The molecule has 0 aliphatic heterocycles. The fraction of sp³-hybridized carbons (Fsp3) is 0.0667. The second-order valence-electron chi connectivity index (χ2n) is 4.28. The quantitative estimate of drug-likeness (QED) is 0.868. The molecular weight excluding hydrogens is 299 g/mol. The molecule has 0 amide bonds. The number of carbonyl (C=O) groups is 1. The molecule has 22 heavy (non-hydrogen) atoms. The van der Waals surface area contributed by atoms with E-state index in [4.69, 9.17) is 9.84 Å². The Kier molecular flexibility index (Phi) is 4.16. The number of hydrogen-bond donors (Lipinski definition) is 1. The third-order valence-corrected chi connectivity index (χ3v) is 2.75. The van der Waals surface area contributed by atoms with Gasteiger partial charge in [-0.25, -0.2) is 4.79 Å². The minimum atomic E-state index is -4.57. The molecule has 1 heterocycles. The first kappa shape index (κ1) is 15.6. The molecule has 1 aromatic carbocycles. The van der Waals surface area contributed by atoms with Gasteiger partial charge in [0.2, 0.25) is 0 Å². The molecule has 0 aliphatic rings. The Morgan fingerprint density at radius 2 is 2.00 bits per heavy atom. The lowest BCUT2D eigenvalue weighted by molar-refractivity contribution is -0.137. The highest BCUT2D eigenvalue weighted by molar-refractivity contribution is 6.15. The van der Waals surface area contributed by atoms with Crippen molar-refractivity contribution in [3.63, 3.8) is 0 Å². The molecule has 0 atom stereocenters. The van der Waals surface area contributed by atoms with E-state index >= 15 is 0 Å². The molecule has 0 aliphatic carbocycles. The molecule has 7 heteroatoms. The molecule has 0 unspecified atom stereocenters. The van der Waals surface area contributed by atoms with Crippen LogP contribution >= 0.6 is 0 Å². The first-order valence-corrected chi connectivity index (χ1v) is 6.00. The molecule has 2 aromatic rings. The van der Waals surface area contributed by atoms with Crippen molar-refractivity contribution in [1.29, 1.82) is 0 Å². The Labute approximate surface area is 123 Å². The summed E-state index contributed by atoms with van der Waals surface area (Å²) in [5.41, 5.74) is -1.36. The molecule has 0 fully saturated rings. The van der Waals surface area contributed by atoms with Crippen molar-refractivity contribution < 1.29 is 27.8 Å². The van der Waals surface area contributed by atoms with Crippen LogP contribution in [0.15, 0.2) is 49.3 Å². The third-order valence-electron chi connectivity index (χ3n) is 2.75. The fourth-order valence-electron chi connectivity index (χ4n) is 1.68. The van der Waals surface area contributed by atoms with Crippen molar-refractivity contribution >= 4 is 11.5 Å². The van der Waals surface area contributed by atoms with Gasteiger partial charge < -0.3 is 9.84 Å². The van der Waals surface area contributed by atoms with E-state index in [1.807, 2.05) is 0 Å². The Morgan fingerprint density at radius 1 is 1.27 bits per heavy atom. The molecule has 2 rings (SSSR count). The Hall–Kier alpha value is -2.83. The lowest BCUT2D eigenvalue weighted by Crippen LogP contribution is -2.07. The van der Waals surface area contributed by atoms with Gasteiger partial charge in [-0.1, -0.05) is 6.58 Å². The van der Waals surface area contributed by atoms with Crippen LogP contribution in [-0.4, -0.2) is 16.1 Å². The standard InChI is InChI=1S/C15H10F3NO3/c1-9(14(20)21)12-5-4-10(15(16,17)18)7-13(12)22-11-3-2-6-19-8-11/h2-8H,1H2,(H,20,21). The first-order valence-electron chi connectivity index (χ1n) is 6.00. The van der Waals surface area contributed by atoms with Crippen LogP contribution in [-0.2, 0) is 11.0 Å². The number of benzene rings is 1. The van der Waals surface area contributed by atoms with Crippen LogP contribution in [0.5, 0.6) is 11.5 Å². The van der Waals surface area contributed by atoms with E-state index in [1.54, 1.807) is 0 Å². The lowest BCUT2D eigenvalue weighted by atomic mass is 10.0. The lowest BCUT2D eigenvalue weighted by Gasteiger charge is -2.14. The summed E-state index contributed by atoms with van der Waals surface area (Å²) < 4.78 is 43.7. The van der Waals surface area contributed by atoms with E-state index < -0.39 is 17.7 Å². The molecule has 0 saturated carbocycles. The number of alkyl halides is 3. The van der Waals surface area contributed by atoms with Crippen molar-refractivity contribution in [2.75, 3.05) is 0 Å². The largest absolute Gasteiger partial charge is 0.478 e. The second kappa shape index (κ2) is 5.88. The van der Waals surface area contributed by atoms with Crippen molar-refractivity contribution in [2.45, 2.75) is 6.18 Å². The van der Waals surface area contributed by atoms with Gasteiger partial charge in [0.25, 0.3) is 0 Å². The van der Waals surface area contributed by atoms with Crippen LogP contribution in [0, 0.1) is 0 Å². The Bertz CT molecular complexity index is 712. The average Bonchev–Trinajstić information content (AvgIpc) is 2.46. The number of nitrogens with zero attached hydrogens (tertiary/aromatic N) is 1. The number of carboxylic acids is 1. The summed E-state index contributed by atoms with van der Waals surface area (Å²) in [4.78, 5) is 14.8. The van der Waals surface area contributed by atoms with Gasteiger partial charge in [-0.15, -0.1) is 0 Å². The van der Waals surface area contributed by atoms with Gasteiger partial charge in [0.05, 0.1) is 17.3 Å². The number of hydrogen-bond acceptors (Lipinski definition) is 3. The number of aliphatic carboxylic acids is 1. The Morgan fingerprint density at radius 3 is 2.55 bits per heavy atom. The van der Waals surface area contributed by atoms with Crippen molar-refractivity contribution in [1.82, 2.24) is 4.98 Å². The maximum absolute atomic E-state index is 12.8. The van der Waals surface area contributed by atoms with E-state index in [2.05, 4.69) is 11.6 Å². The molecule has 0 saturated heterocycles. The maximum Gasteiger partial charge on any atom is 0.416 e. The molecular formula is C15H10F3NO3. The number of ether oxygens (including phenoxy) is 1. The van der Waals surface area contributed by atoms with Crippen LogP contribution in [0.4, 0.5) is 13.2 Å². The number of rotatable bonds is 4. The van der Waals surface area contributed by atoms with E-state index in [0.29, 0.717) is 0 Å². The van der Waals surface area contributed by atoms with Crippen LogP contribution in [0.3, 0.4) is 0 Å². The third kappa shape index (κ3) is 3.43. The van der Waals surface area contributed by atoms with Crippen molar-refractivity contribution in [3.05, 3.63) is 60.4 Å². The monoisotopic (exact) mass is 309 g/mol. The number of halogens is 3. The maximum atomic E-state index is 12.8. The van der Waals surface area contributed by atoms with Crippen molar-refractivity contribution in [2.24, 2.45) is 0 Å². The zero-order valence-corrected chi connectivity index (χ0v) is 11.1. The number of pyridine rings is 1. The fourth-order valence-corrected chi connectivity index (χ4v) is 1.68. The summed E-state index contributed by atoms with van der Waals surface area (Å²) in [6.45, 7) is 3.34. The molecule has 0 radical (unpaired) electrons. The Balaban J connectivity index is 2.50. The summed E-state index contributed by atoms with van der Waals surface area (Å²) in [7, 11) is 0. The summed E-state index contributed by atoms with van der Waals surface area (Å²) in [5, 5.41) is 8.97. The van der Waals surface area contributed by atoms with Crippen molar-refractivity contribution in [3.8, 4) is 11.5 Å². The molecule has 0 spiro atoms. The zero-order valence-electron chi connectivity index (χ0n) is 11.1.